The number of carboxylic acid groups (broad SMARTS) is 1. The molecule has 2 atom stereocenters. The number of nitrogens with zero attached hydrogens (tertiary/aromatic N) is 1. The van der Waals surface area contributed by atoms with E-state index < -0.39 is 30.5 Å². The van der Waals surface area contributed by atoms with E-state index in [0.717, 1.165) is 30.6 Å². The Balaban J connectivity index is 1.99. The van der Waals surface area contributed by atoms with E-state index in [1.165, 1.54) is 6.42 Å². The van der Waals surface area contributed by atoms with Gasteiger partial charge >= 0.3 is 12.1 Å². The van der Waals surface area contributed by atoms with Gasteiger partial charge in [0.25, 0.3) is 0 Å². The number of rotatable bonds is 4. The van der Waals surface area contributed by atoms with Gasteiger partial charge in [0, 0.05) is 19.0 Å². The molecule has 0 aromatic heterocycles. The minimum absolute atomic E-state index is 0.139. The summed E-state index contributed by atoms with van der Waals surface area (Å²) in [6.07, 6.45) is 0.905. The highest BCUT2D eigenvalue weighted by Gasteiger charge is 2.64. The van der Waals surface area contributed by atoms with E-state index in [4.69, 9.17) is 5.11 Å². The predicted octanol–water partition coefficient (Wildman–Crippen LogP) is 3.46. The molecule has 2 rings (SSSR count). The topological polar surface area (TPSA) is 57.6 Å². The summed E-state index contributed by atoms with van der Waals surface area (Å²) < 4.78 is 39.5. The van der Waals surface area contributed by atoms with Crippen molar-refractivity contribution in [2.45, 2.75) is 58.0 Å². The van der Waals surface area contributed by atoms with Crippen LogP contribution in [0.3, 0.4) is 0 Å². The van der Waals surface area contributed by atoms with Crippen LogP contribution in [-0.2, 0) is 9.59 Å². The van der Waals surface area contributed by atoms with Crippen molar-refractivity contribution in [2.75, 3.05) is 13.1 Å². The Morgan fingerprint density at radius 1 is 1.26 bits per heavy atom. The van der Waals surface area contributed by atoms with Gasteiger partial charge in [-0.15, -0.1) is 0 Å². The van der Waals surface area contributed by atoms with E-state index in [9.17, 15) is 22.8 Å². The lowest BCUT2D eigenvalue weighted by Gasteiger charge is -2.29. The highest BCUT2D eigenvalue weighted by molar-refractivity contribution is 5.82. The maximum absolute atomic E-state index is 13.2. The quantitative estimate of drug-likeness (QED) is 0.856. The van der Waals surface area contributed by atoms with Gasteiger partial charge in [-0.3, -0.25) is 9.59 Å². The van der Waals surface area contributed by atoms with Crippen molar-refractivity contribution < 1.29 is 27.9 Å². The van der Waals surface area contributed by atoms with Crippen molar-refractivity contribution in [3.8, 4) is 0 Å². The molecule has 4 nitrogen and oxygen atoms in total. The molecule has 7 heteroatoms. The van der Waals surface area contributed by atoms with Crippen LogP contribution in [-0.4, -0.2) is 41.1 Å². The molecule has 0 spiro atoms. The van der Waals surface area contributed by atoms with Crippen LogP contribution in [0.4, 0.5) is 13.2 Å². The van der Waals surface area contributed by atoms with Gasteiger partial charge in [-0.1, -0.05) is 39.0 Å². The molecule has 23 heavy (non-hydrogen) atoms. The Bertz CT molecular complexity index is 460. The normalized spacial score (nSPS) is 27.9. The fourth-order valence-electron chi connectivity index (χ4n) is 3.86. The molecule has 0 radical (unpaired) electrons. The lowest BCUT2D eigenvalue weighted by atomic mass is 9.83. The van der Waals surface area contributed by atoms with Gasteiger partial charge in [0.1, 0.15) is 0 Å². The first-order valence-corrected chi connectivity index (χ1v) is 8.26. The van der Waals surface area contributed by atoms with Crippen molar-refractivity contribution >= 4 is 11.9 Å². The summed E-state index contributed by atoms with van der Waals surface area (Å²) in [5.74, 6) is -2.13. The van der Waals surface area contributed by atoms with Crippen LogP contribution < -0.4 is 0 Å². The first-order valence-electron chi connectivity index (χ1n) is 8.26. The third-order valence-electron chi connectivity index (χ3n) is 5.37. The lowest BCUT2D eigenvalue weighted by Crippen LogP contribution is -2.48. The summed E-state index contributed by atoms with van der Waals surface area (Å²) >= 11 is 0. The number of aliphatic carboxylic acids is 1. The SMILES string of the molecule is CC(CC1CCCCC1)C(=O)N1CCC(C(=O)O)(C(F)(F)F)C1. The van der Waals surface area contributed by atoms with Crippen LogP contribution in [0.25, 0.3) is 0 Å². The predicted molar refractivity (Wildman–Crippen MR) is 77.7 cm³/mol. The Labute approximate surface area is 134 Å². The van der Waals surface area contributed by atoms with Crippen molar-refractivity contribution in [1.82, 2.24) is 4.90 Å². The zero-order valence-electron chi connectivity index (χ0n) is 13.4. The molecule has 0 aromatic rings. The van der Waals surface area contributed by atoms with Crippen LogP contribution in [0.1, 0.15) is 51.9 Å². The summed E-state index contributed by atoms with van der Waals surface area (Å²) in [7, 11) is 0. The highest BCUT2D eigenvalue weighted by atomic mass is 19.4. The van der Waals surface area contributed by atoms with E-state index >= 15 is 0 Å². The fraction of sp³-hybridized carbons (Fsp3) is 0.875. The van der Waals surface area contributed by atoms with Crippen molar-refractivity contribution in [2.24, 2.45) is 17.3 Å². The summed E-state index contributed by atoms with van der Waals surface area (Å²) in [4.78, 5) is 24.7. The Morgan fingerprint density at radius 2 is 1.87 bits per heavy atom. The molecule has 0 bridgehead atoms. The first kappa shape index (κ1) is 18.1. The number of hydrogen-bond donors (Lipinski definition) is 1. The molecule has 1 N–H and O–H groups in total. The molecule has 1 amide bonds. The first-order chi connectivity index (χ1) is 10.7. The Kier molecular flexibility index (Phi) is 5.26. The molecular weight excluding hydrogens is 311 g/mol. The van der Waals surface area contributed by atoms with Crippen molar-refractivity contribution in [3.63, 3.8) is 0 Å². The second-order valence-electron chi connectivity index (χ2n) is 7.04. The smallest absolute Gasteiger partial charge is 0.406 e. The molecule has 132 valence electrons. The summed E-state index contributed by atoms with van der Waals surface area (Å²) in [5, 5.41) is 9.04. The molecule has 1 aliphatic carbocycles. The molecule has 2 aliphatic rings. The average Bonchev–Trinajstić information content (AvgIpc) is 2.93. The Morgan fingerprint density at radius 3 is 2.35 bits per heavy atom. The number of carbonyl (C=O) groups is 2. The van der Waals surface area contributed by atoms with Gasteiger partial charge < -0.3 is 10.0 Å². The Hall–Kier alpha value is -1.27. The van der Waals surface area contributed by atoms with Crippen LogP contribution in [0.2, 0.25) is 0 Å². The fourth-order valence-corrected chi connectivity index (χ4v) is 3.86. The molecule has 1 saturated heterocycles. The molecule has 1 saturated carbocycles. The van der Waals surface area contributed by atoms with E-state index in [2.05, 4.69) is 0 Å². The molecule has 2 fully saturated rings. The number of halogens is 3. The minimum Gasteiger partial charge on any atom is -0.481 e. The van der Waals surface area contributed by atoms with Crippen molar-refractivity contribution in [1.29, 1.82) is 0 Å². The van der Waals surface area contributed by atoms with Crippen LogP contribution in [0.15, 0.2) is 0 Å². The maximum Gasteiger partial charge on any atom is 0.406 e. The second-order valence-corrected chi connectivity index (χ2v) is 7.04. The number of carbonyl (C=O) groups excluding carboxylic acids is 1. The highest BCUT2D eigenvalue weighted by Crippen LogP contribution is 2.46. The third kappa shape index (κ3) is 3.63. The van der Waals surface area contributed by atoms with Gasteiger partial charge in [0.2, 0.25) is 5.91 Å². The summed E-state index contributed by atoms with van der Waals surface area (Å²) in [5.41, 5.74) is -2.81. The third-order valence-corrected chi connectivity index (χ3v) is 5.37. The monoisotopic (exact) mass is 335 g/mol. The lowest BCUT2D eigenvalue weighted by molar-refractivity contribution is -0.227. The van der Waals surface area contributed by atoms with E-state index in [1.54, 1.807) is 6.92 Å². The minimum atomic E-state index is -4.85. The zero-order chi connectivity index (χ0) is 17.3. The molecule has 0 aromatic carbocycles. The second kappa shape index (κ2) is 6.69. The zero-order valence-corrected chi connectivity index (χ0v) is 13.4. The molecular formula is C16H24F3NO3. The van der Waals surface area contributed by atoms with Crippen LogP contribution in [0, 0.1) is 17.3 Å². The largest absolute Gasteiger partial charge is 0.481 e. The van der Waals surface area contributed by atoms with Gasteiger partial charge in [-0.05, 0) is 18.8 Å². The van der Waals surface area contributed by atoms with Gasteiger partial charge in [-0.25, -0.2) is 0 Å². The maximum atomic E-state index is 13.2. The van der Waals surface area contributed by atoms with E-state index in [1.807, 2.05) is 0 Å². The standard InChI is InChI=1S/C16H24F3NO3/c1-11(9-12-5-3-2-4-6-12)13(21)20-8-7-15(10-20,14(22)23)16(17,18)19/h11-12H,2-10H2,1H3,(H,22,23). The van der Waals surface area contributed by atoms with E-state index in [-0.39, 0.29) is 18.4 Å². The van der Waals surface area contributed by atoms with Crippen LogP contribution in [0.5, 0.6) is 0 Å². The number of hydrogen-bond acceptors (Lipinski definition) is 2. The summed E-state index contributed by atoms with van der Waals surface area (Å²) in [6, 6.07) is 0. The number of carboxylic acids is 1. The average molecular weight is 335 g/mol. The number of amides is 1. The van der Waals surface area contributed by atoms with E-state index in [0.29, 0.717) is 12.3 Å². The summed E-state index contributed by atoms with van der Waals surface area (Å²) in [6.45, 7) is 0.838. The van der Waals surface area contributed by atoms with Gasteiger partial charge in [-0.2, -0.15) is 13.2 Å². The molecule has 1 heterocycles. The van der Waals surface area contributed by atoms with Crippen molar-refractivity contribution in [3.05, 3.63) is 0 Å². The number of alkyl halides is 3. The molecule has 1 aliphatic heterocycles. The van der Waals surface area contributed by atoms with Gasteiger partial charge in [0.15, 0.2) is 5.41 Å². The van der Waals surface area contributed by atoms with Crippen LogP contribution >= 0.6 is 0 Å². The van der Waals surface area contributed by atoms with Gasteiger partial charge in [0.05, 0.1) is 0 Å². The molecule has 2 unspecified atom stereocenters. The number of likely N-dealkylation sites (tertiary alicyclic amines) is 1.